The molecule has 3 nitrogen and oxygen atoms in total. The second-order valence-corrected chi connectivity index (χ2v) is 5.13. The Balaban J connectivity index is 0.000000321. The number of rotatable bonds is 2. The van der Waals surface area contributed by atoms with E-state index < -0.39 is 10.1 Å². The number of benzene rings is 2. The molecule has 2 rings (SSSR count). The number of fused-ring (bicyclic) bond motifs is 1. The fraction of sp³-hybridized carbons (Fsp3) is 0.333. The molecule has 0 aliphatic heterocycles. The molecule has 0 saturated heterocycles. The van der Waals surface area contributed by atoms with E-state index in [0.29, 0.717) is 6.42 Å². The van der Waals surface area contributed by atoms with Crippen molar-refractivity contribution in [3.8, 4) is 0 Å². The first-order chi connectivity index (χ1) is 9.03. The Hall–Kier alpha value is -1.39. The Morgan fingerprint density at radius 2 is 1.21 bits per heavy atom. The van der Waals surface area contributed by atoms with Crippen LogP contribution in [0.2, 0.25) is 0 Å². The molecular formula is C15H21O3S-. The van der Waals surface area contributed by atoms with Gasteiger partial charge in [-0.2, -0.15) is 0 Å². The van der Waals surface area contributed by atoms with Gasteiger partial charge in [0.2, 0.25) is 0 Å². The molecule has 0 aromatic heterocycles. The van der Waals surface area contributed by atoms with Crippen LogP contribution in [-0.2, 0) is 10.1 Å². The molecule has 106 valence electrons. The predicted molar refractivity (Wildman–Crippen MR) is 80.2 cm³/mol. The molecule has 0 heterocycles. The maximum atomic E-state index is 9.68. The van der Waals surface area contributed by atoms with Crippen LogP contribution in [-0.4, -0.2) is 18.7 Å². The minimum atomic E-state index is -3.92. The Bertz CT molecular complexity index is 497. The zero-order chi connectivity index (χ0) is 14.7. The summed E-state index contributed by atoms with van der Waals surface area (Å²) in [6.45, 7) is 5.65. The molecule has 2 aromatic carbocycles. The summed E-state index contributed by atoms with van der Waals surface area (Å²) in [5, 5.41) is 2.62. The average Bonchev–Trinajstić information content (AvgIpc) is 2.41. The SMILES string of the molecule is CC.CCCS(=O)(=O)[O-].c1ccc2ccccc2c1. The molecule has 0 atom stereocenters. The topological polar surface area (TPSA) is 57.2 Å². The number of hydrogen-bond donors (Lipinski definition) is 0. The van der Waals surface area contributed by atoms with Crippen LogP contribution < -0.4 is 0 Å². The lowest BCUT2D eigenvalue weighted by Crippen LogP contribution is -2.01. The molecule has 0 spiro atoms. The van der Waals surface area contributed by atoms with Crippen molar-refractivity contribution in [1.82, 2.24) is 0 Å². The van der Waals surface area contributed by atoms with Crippen molar-refractivity contribution in [2.45, 2.75) is 27.2 Å². The quantitative estimate of drug-likeness (QED) is 0.786. The first kappa shape index (κ1) is 17.6. The van der Waals surface area contributed by atoms with Gasteiger partial charge in [-0.25, -0.2) is 8.42 Å². The van der Waals surface area contributed by atoms with Crippen molar-refractivity contribution in [2.75, 3.05) is 5.75 Å². The van der Waals surface area contributed by atoms with Crippen LogP contribution in [0.15, 0.2) is 48.5 Å². The molecule has 0 saturated carbocycles. The second kappa shape index (κ2) is 9.53. The molecule has 0 unspecified atom stereocenters. The van der Waals surface area contributed by atoms with E-state index >= 15 is 0 Å². The molecule has 0 N–H and O–H groups in total. The van der Waals surface area contributed by atoms with Crippen molar-refractivity contribution in [1.29, 1.82) is 0 Å². The Morgan fingerprint density at radius 3 is 1.37 bits per heavy atom. The van der Waals surface area contributed by atoms with Crippen molar-refractivity contribution < 1.29 is 13.0 Å². The summed E-state index contributed by atoms with van der Waals surface area (Å²) in [6, 6.07) is 16.7. The molecular weight excluding hydrogens is 260 g/mol. The van der Waals surface area contributed by atoms with E-state index in [0.717, 1.165) is 0 Å². The summed E-state index contributed by atoms with van der Waals surface area (Å²) in [7, 11) is -3.92. The van der Waals surface area contributed by atoms with Gasteiger partial charge in [0.25, 0.3) is 0 Å². The highest BCUT2D eigenvalue weighted by Crippen LogP contribution is 2.11. The van der Waals surface area contributed by atoms with Gasteiger partial charge in [0.15, 0.2) is 0 Å². The van der Waals surface area contributed by atoms with Crippen LogP contribution in [0.4, 0.5) is 0 Å². The van der Waals surface area contributed by atoms with Crippen molar-refractivity contribution >= 4 is 20.9 Å². The lowest BCUT2D eigenvalue weighted by molar-refractivity contribution is 0.462. The fourth-order valence-electron chi connectivity index (χ4n) is 1.38. The largest absolute Gasteiger partial charge is 0.748 e. The van der Waals surface area contributed by atoms with E-state index in [4.69, 9.17) is 0 Å². The predicted octanol–water partition coefficient (Wildman–Crippen LogP) is 3.81. The smallest absolute Gasteiger partial charge is 0.0945 e. The van der Waals surface area contributed by atoms with Gasteiger partial charge in [0.1, 0.15) is 0 Å². The van der Waals surface area contributed by atoms with Crippen molar-refractivity contribution in [2.24, 2.45) is 0 Å². The minimum Gasteiger partial charge on any atom is -0.748 e. The van der Waals surface area contributed by atoms with Gasteiger partial charge in [0, 0.05) is 5.75 Å². The maximum absolute atomic E-state index is 9.68. The third kappa shape index (κ3) is 8.35. The van der Waals surface area contributed by atoms with Crippen LogP contribution >= 0.6 is 0 Å². The van der Waals surface area contributed by atoms with E-state index in [1.807, 2.05) is 13.8 Å². The van der Waals surface area contributed by atoms with Crippen LogP contribution in [0.25, 0.3) is 10.8 Å². The van der Waals surface area contributed by atoms with Gasteiger partial charge in [0.05, 0.1) is 10.1 Å². The summed E-state index contributed by atoms with van der Waals surface area (Å²) in [5.41, 5.74) is 0. The summed E-state index contributed by atoms with van der Waals surface area (Å²) >= 11 is 0. The summed E-state index contributed by atoms with van der Waals surface area (Å²) in [4.78, 5) is 0. The number of hydrogen-bond acceptors (Lipinski definition) is 3. The van der Waals surface area contributed by atoms with Crippen molar-refractivity contribution in [3.63, 3.8) is 0 Å². The third-order valence-electron chi connectivity index (χ3n) is 2.11. The highest BCUT2D eigenvalue weighted by molar-refractivity contribution is 7.85. The Kier molecular flexibility index (Phi) is 8.83. The molecule has 2 aromatic rings. The van der Waals surface area contributed by atoms with Gasteiger partial charge in [-0.15, -0.1) is 0 Å². The first-order valence-corrected chi connectivity index (χ1v) is 7.98. The maximum Gasteiger partial charge on any atom is 0.0945 e. The summed E-state index contributed by atoms with van der Waals surface area (Å²) < 4.78 is 29.0. The van der Waals surface area contributed by atoms with E-state index in [-0.39, 0.29) is 5.75 Å². The first-order valence-electron chi connectivity index (χ1n) is 6.40. The highest BCUT2D eigenvalue weighted by atomic mass is 32.2. The zero-order valence-corrected chi connectivity index (χ0v) is 12.5. The average molecular weight is 281 g/mol. The molecule has 0 radical (unpaired) electrons. The van der Waals surface area contributed by atoms with Crippen LogP contribution in [0, 0.1) is 0 Å². The Labute approximate surface area is 116 Å². The fourth-order valence-corrected chi connectivity index (χ4v) is 1.88. The minimum absolute atomic E-state index is 0.243. The third-order valence-corrected chi connectivity index (χ3v) is 3.02. The highest BCUT2D eigenvalue weighted by Gasteiger charge is 1.87. The molecule has 0 aliphatic carbocycles. The molecule has 0 amide bonds. The normalized spacial score (nSPS) is 9.89. The monoisotopic (exact) mass is 281 g/mol. The van der Waals surface area contributed by atoms with Gasteiger partial charge < -0.3 is 4.55 Å². The lowest BCUT2D eigenvalue weighted by Gasteiger charge is -2.00. The lowest BCUT2D eigenvalue weighted by atomic mass is 10.1. The van der Waals surface area contributed by atoms with E-state index in [1.54, 1.807) is 6.92 Å². The van der Waals surface area contributed by atoms with Crippen molar-refractivity contribution in [3.05, 3.63) is 48.5 Å². The van der Waals surface area contributed by atoms with E-state index in [9.17, 15) is 13.0 Å². The summed E-state index contributed by atoms with van der Waals surface area (Å²) in [6.07, 6.45) is 0.409. The molecule has 4 heteroatoms. The van der Waals surface area contributed by atoms with Crippen LogP contribution in [0.5, 0.6) is 0 Å². The standard InChI is InChI=1S/C10H8.C3H8O3S.C2H6/c1-2-6-10-8-4-3-7-9(10)5-1;1-2-3-7(4,5)6;1-2/h1-8H;2-3H2,1H3,(H,4,5,6);1-2H3/p-1. The molecule has 0 bridgehead atoms. The van der Waals surface area contributed by atoms with Gasteiger partial charge in [-0.3, -0.25) is 0 Å². The van der Waals surface area contributed by atoms with E-state index in [1.165, 1.54) is 10.8 Å². The molecule has 0 fully saturated rings. The Morgan fingerprint density at radius 1 is 0.895 bits per heavy atom. The van der Waals surface area contributed by atoms with Gasteiger partial charge >= 0.3 is 0 Å². The zero-order valence-electron chi connectivity index (χ0n) is 11.7. The van der Waals surface area contributed by atoms with Gasteiger partial charge in [-0.05, 0) is 17.2 Å². The van der Waals surface area contributed by atoms with Crippen LogP contribution in [0.3, 0.4) is 0 Å². The van der Waals surface area contributed by atoms with E-state index in [2.05, 4.69) is 48.5 Å². The summed E-state index contributed by atoms with van der Waals surface area (Å²) in [5.74, 6) is -0.243. The van der Waals surface area contributed by atoms with Gasteiger partial charge in [-0.1, -0.05) is 69.3 Å². The second-order valence-electron chi connectivity index (χ2n) is 3.61. The molecule has 19 heavy (non-hydrogen) atoms. The van der Waals surface area contributed by atoms with Crippen LogP contribution in [0.1, 0.15) is 27.2 Å². The molecule has 0 aliphatic rings.